The fraction of sp³-hybridized carbons (Fsp3) is 0.333. The van der Waals surface area contributed by atoms with Gasteiger partial charge in [-0.3, -0.25) is 14.6 Å². The number of hydrogen-bond acceptors (Lipinski definition) is 5. The Morgan fingerprint density at radius 3 is 2.60 bits per heavy atom. The number of aromatic nitrogens is 2. The topological polar surface area (TPSA) is 84.4 Å². The normalized spacial score (nSPS) is 14.8. The Labute approximate surface area is 146 Å². The lowest BCUT2D eigenvalue weighted by atomic mass is 10.0. The van der Waals surface area contributed by atoms with Crippen LogP contribution in [-0.2, 0) is 4.79 Å². The molecule has 0 bridgehead atoms. The van der Waals surface area contributed by atoms with Crippen molar-refractivity contribution in [2.45, 2.75) is 18.9 Å². The third-order valence-corrected chi connectivity index (χ3v) is 4.08. The molecule has 0 unspecified atom stereocenters. The maximum absolute atomic E-state index is 12.2. The van der Waals surface area contributed by atoms with Crippen molar-refractivity contribution >= 4 is 11.8 Å². The fourth-order valence-corrected chi connectivity index (χ4v) is 2.70. The van der Waals surface area contributed by atoms with Crippen molar-refractivity contribution in [2.24, 2.45) is 0 Å². The minimum absolute atomic E-state index is 0.0284. The molecule has 2 heterocycles. The number of benzene rings is 1. The first-order valence-corrected chi connectivity index (χ1v) is 8.25. The van der Waals surface area contributed by atoms with Gasteiger partial charge < -0.3 is 15.0 Å². The van der Waals surface area contributed by atoms with Crippen LogP contribution in [-0.4, -0.2) is 52.4 Å². The summed E-state index contributed by atoms with van der Waals surface area (Å²) in [5, 5.41) is 2.94. The Balaban J connectivity index is 1.42. The van der Waals surface area contributed by atoms with Gasteiger partial charge in [-0.15, -0.1) is 0 Å². The summed E-state index contributed by atoms with van der Waals surface area (Å²) in [7, 11) is 0. The smallest absolute Gasteiger partial charge is 0.271 e. The molecule has 0 saturated carbocycles. The second kappa shape index (κ2) is 8.23. The van der Waals surface area contributed by atoms with Crippen molar-refractivity contribution in [3.05, 3.63) is 54.6 Å². The van der Waals surface area contributed by atoms with Crippen LogP contribution in [0.4, 0.5) is 0 Å². The lowest BCUT2D eigenvalue weighted by Gasteiger charge is -2.32. The molecular formula is C18H20N4O3. The summed E-state index contributed by atoms with van der Waals surface area (Å²) in [6.07, 6.45) is 5.88. The zero-order chi connectivity index (χ0) is 17.5. The second-order valence-corrected chi connectivity index (χ2v) is 5.82. The van der Waals surface area contributed by atoms with Crippen LogP contribution < -0.4 is 10.1 Å². The SMILES string of the molecule is O=C(NC1CCN(C(=O)COc2ccccc2)CC1)c1cnccn1. The largest absolute Gasteiger partial charge is 0.484 e. The summed E-state index contributed by atoms with van der Waals surface area (Å²) in [5.74, 6) is 0.412. The molecule has 0 atom stereocenters. The van der Waals surface area contributed by atoms with Gasteiger partial charge in [0.2, 0.25) is 0 Å². The van der Waals surface area contributed by atoms with E-state index in [0.29, 0.717) is 37.4 Å². The Kier molecular flexibility index (Phi) is 5.56. The first-order chi connectivity index (χ1) is 12.2. The van der Waals surface area contributed by atoms with Gasteiger partial charge in [-0.05, 0) is 25.0 Å². The molecule has 130 valence electrons. The molecule has 1 N–H and O–H groups in total. The van der Waals surface area contributed by atoms with Crippen LogP contribution in [0.5, 0.6) is 5.75 Å². The van der Waals surface area contributed by atoms with Crippen LogP contribution in [0.2, 0.25) is 0 Å². The van der Waals surface area contributed by atoms with Crippen LogP contribution in [0.25, 0.3) is 0 Å². The van der Waals surface area contributed by atoms with E-state index in [1.807, 2.05) is 30.3 Å². The zero-order valence-corrected chi connectivity index (χ0v) is 13.8. The standard InChI is InChI=1S/C18H20N4O3/c23-17(13-25-15-4-2-1-3-5-15)22-10-6-14(7-11-22)21-18(24)16-12-19-8-9-20-16/h1-5,8-9,12,14H,6-7,10-11,13H2,(H,21,24). The molecule has 7 heteroatoms. The molecular weight excluding hydrogens is 320 g/mol. The summed E-state index contributed by atoms with van der Waals surface area (Å²) >= 11 is 0. The number of nitrogens with one attached hydrogen (secondary N) is 1. The molecule has 0 aliphatic carbocycles. The summed E-state index contributed by atoms with van der Waals surface area (Å²) in [6.45, 7) is 1.23. The number of likely N-dealkylation sites (tertiary alicyclic amines) is 1. The average molecular weight is 340 g/mol. The lowest BCUT2D eigenvalue weighted by Crippen LogP contribution is -2.47. The molecule has 0 radical (unpaired) electrons. The summed E-state index contributed by atoms with van der Waals surface area (Å²) in [4.78, 5) is 33.9. The van der Waals surface area contributed by atoms with E-state index in [0.717, 1.165) is 0 Å². The predicted molar refractivity (Wildman–Crippen MR) is 91.0 cm³/mol. The van der Waals surface area contributed by atoms with E-state index in [4.69, 9.17) is 4.74 Å². The highest BCUT2D eigenvalue weighted by molar-refractivity contribution is 5.92. The maximum atomic E-state index is 12.2. The van der Waals surface area contributed by atoms with Crippen molar-refractivity contribution in [3.8, 4) is 5.75 Å². The number of carbonyl (C=O) groups excluding carboxylic acids is 2. The Bertz CT molecular complexity index is 701. The van der Waals surface area contributed by atoms with Gasteiger partial charge in [0.1, 0.15) is 11.4 Å². The molecule has 3 rings (SSSR count). The molecule has 1 saturated heterocycles. The fourth-order valence-electron chi connectivity index (χ4n) is 2.70. The minimum Gasteiger partial charge on any atom is -0.484 e. The van der Waals surface area contributed by atoms with Crippen LogP contribution in [0.3, 0.4) is 0 Å². The van der Waals surface area contributed by atoms with Gasteiger partial charge in [0.25, 0.3) is 11.8 Å². The Hall–Kier alpha value is -2.96. The summed E-state index contributed by atoms with van der Waals surface area (Å²) in [5.41, 5.74) is 0.303. The van der Waals surface area contributed by atoms with Gasteiger partial charge in [-0.25, -0.2) is 4.98 Å². The number of nitrogens with zero attached hydrogens (tertiary/aromatic N) is 3. The van der Waals surface area contributed by atoms with Gasteiger partial charge in [0.05, 0.1) is 6.20 Å². The molecule has 7 nitrogen and oxygen atoms in total. The molecule has 1 aliphatic rings. The number of piperidine rings is 1. The molecule has 2 amide bonds. The number of rotatable bonds is 5. The van der Waals surface area contributed by atoms with E-state index in [9.17, 15) is 9.59 Å². The number of carbonyl (C=O) groups is 2. The third kappa shape index (κ3) is 4.76. The monoisotopic (exact) mass is 340 g/mol. The number of para-hydroxylation sites is 1. The highest BCUT2D eigenvalue weighted by Crippen LogP contribution is 2.13. The van der Waals surface area contributed by atoms with E-state index in [2.05, 4.69) is 15.3 Å². The Morgan fingerprint density at radius 1 is 1.16 bits per heavy atom. The molecule has 0 spiro atoms. The zero-order valence-electron chi connectivity index (χ0n) is 13.8. The van der Waals surface area contributed by atoms with Crippen LogP contribution in [0.15, 0.2) is 48.9 Å². The van der Waals surface area contributed by atoms with Gasteiger partial charge in [-0.1, -0.05) is 18.2 Å². The van der Waals surface area contributed by atoms with E-state index in [1.165, 1.54) is 18.6 Å². The van der Waals surface area contributed by atoms with E-state index < -0.39 is 0 Å². The van der Waals surface area contributed by atoms with Crippen molar-refractivity contribution in [3.63, 3.8) is 0 Å². The van der Waals surface area contributed by atoms with Gasteiger partial charge >= 0.3 is 0 Å². The highest BCUT2D eigenvalue weighted by atomic mass is 16.5. The van der Waals surface area contributed by atoms with Gasteiger partial charge in [-0.2, -0.15) is 0 Å². The number of amides is 2. The lowest BCUT2D eigenvalue weighted by molar-refractivity contribution is -0.134. The van der Waals surface area contributed by atoms with Gasteiger partial charge in [0.15, 0.2) is 6.61 Å². The van der Waals surface area contributed by atoms with Crippen molar-refractivity contribution < 1.29 is 14.3 Å². The van der Waals surface area contributed by atoms with E-state index >= 15 is 0 Å². The Morgan fingerprint density at radius 2 is 1.92 bits per heavy atom. The predicted octanol–water partition coefficient (Wildman–Crippen LogP) is 1.28. The summed E-state index contributed by atoms with van der Waals surface area (Å²) in [6, 6.07) is 9.31. The molecule has 1 aliphatic heterocycles. The highest BCUT2D eigenvalue weighted by Gasteiger charge is 2.24. The molecule has 1 fully saturated rings. The average Bonchev–Trinajstić information content (AvgIpc) is 2.68. The minimum atomic E-state index is -0.231. The van der Waals surface area contributed by atoms with Crippen molar-refractivity contribution in [1.82, 2.24) is 20.2 Å². The van der Waals surface area contributed by atoms with Crippen LogP contribution in [0.1, 0.15) is 23.3 Å². The quantitative estimate of drug-likeness (QED) is 0.886. The molecule has 2 aromatic rings. The second-order valence-electron chi connectivity index (χ2n) is 5.82. The maximum Gasteiger partial charge on any atom is 0.271 e. The molecule has 25 heavy (non-hydrogen) atoms. The van der Waals surface area contributed by atoms with E-state index in [1.54, 1.807) is 4.90 Å². The molecule has 1 aromatic heterocycles. The third-order valence-electron chi connectivity index (χ3n) is 4.08. The first-order valence-electron chi connectivity index (χ1n) is 8.25. The summed E-state index contributed by atoms with van der Waals surface area (Å²) < 4.78 is 5.49. The molecule has 1 aromatic carbocycles. The van der Waals surface area contributed by atoms with Crippen molar-refractivity contribution in [2.75, 3.05) is 19.7 Å². The van der Waals surface area contributed by atoms with Crippen LogP contribution in [0, 0.1) is 0 Å². The number of hydrogen-bond donors (Lipinski definition) is 1. The van der Waals surface area contributed by atoms with Gasteiger partial charge in [0, 0.05) is 31.5 Å². The van der Waals surface area contributed by atoms with E-state index in [-0.39, 0.29) is 24.5 Å². The van der Waals surface area contributed by atoms with Crippen molar-refractivity contribution in [1.29, 1.82) is 0 Å². The van der Waals surface area contributed by atoms with Crippen LogP contribution >= 0.6 is 0 Å². The first kappa shape index (κ1) is 16.9. The number of ether oxygens (including phenoxy) is 1.